The lowest BCUT2D eigenvalue weighted by atomic mass is 10.0. The number of hydrogen-bond acceptors (Lipinski definition) is 5. The van der Waals surface area contributed by atoms with Gasteiger partial charge in [-0.15, -0.1) is 0 Å². The van der Waals surface area contributed by atoms with Crippen LogP contribution in [0.25, 0.3) is 11.1 Å². The van der Waals surface area contributed by atoms with Gasteiger partial charge >= 0.3 is 6.09 Å². The highest BCUT2D eigenvalue weighted by Gasteiger charge is 2.32. The third-order valence-electron chi connectivity index (χ3n) is 5.36. The molecule has 170 valence electrons. The molecule has 0 saturated carbocycles. The number of rotatable bonds is 8. The molecule has 1 saturated heterocycles. The number of carbonyl (C=O) groups is 2. The van der Waals surface area contributed by atoms with E-state index in [2.05, 4.69) is 15.6 Å². The number of nitrogens with one attached hydrogen (secondary N) is 2. The fourth-order valence-electron chi connectivity index (χ4n) is 3.66. The number of nitrogens with zero attached hydrogens (tertiary/aromatic N) is 2. The van der Waals surface area contributed by atoms with E-state index in [0.717, 1.165) is 23.2 Å². The van der Waals surface area contributed by atoms with E-state index in [1.54, 1.807) is 18.3 Å². The van der Waals surface area contributed by atoms with Crippen molar-refractivity contribution >= 4 is 17.7 Å². The standard InChI is InChI=1S/C25H25FN4O3/c1-17(31)29-15-22-16-30(25(32)33-22)21-8-9-23(24(26)11-21)20-6-4-18(5-7-20)12-28-14-19-3-2-10-27-13-19/h2-11,13,22,28H,12,14-16H2,1H3,(H,29,31)/t22-/m0/s1. The summed E-state index contributed by atoms with van der Waals surface area (Å²) in [5.41, 5.74) is 3.82. The van der Waals surface area contributed by atoms with E-state index in [0.29, 0.717) is 17.8 Å². The lowest BCUT2D eigenvalue weighted by Crippen LogP contribution is -2.33. The molecular weight excluding hydrogens is 423 g/mol. The van der Waals surface area contributed by atoms with Crippen molar-refractivity contribution in [2.24, 2.45) is 0 Å². The second-order valence-corrected chi connectivity index (χ2v) is 7.88. The van der Waals surface area contributed by atoms with Gasteiger partial charge < -0.3 is 15.4 Å². The fourth-order valence-corrected chi connectivity index (χ4v) is 3.66. The second kappa shape index (κ2) is 10.2. The van der Waals surface area contributed by atoms with Crippen LogP contribution in [0.1, 0.15) is 18.1 Å². The Morgan fingerprint density at radius 3 is 2.64 bits per heavy atom. The fraction of sp³-hybridized carbons (Fsp3) is 0.240. The van der Waals surface area contributed by atoms with Gasteiger partial charge in [0.1, 0.15) is 11.9 Å². The van der Waals surface area contributed by atoms with Crippen molar-refractivity contribution in [1.82, 2.24) is 15.6 Å². The summed E-state index contributed by atoms with van der Waals surface area (Å²) in [5, 5.41) is 5.99. The summed E-state index contributed by atoms with van der Waals surface area (Å²) >= 11 is 0. The number of hydrogen-bond donors (Lipinski definition) is 2. The van der Waals surface area contributed by atoms with Gasteiger partial charge in [-0.1, -0.05) is 30.3 Å². The van der Waals surface area contributed by atoms with Crippen LogP contribution in [0.2, 0.25) is 0 Å². The average Bonchev–Trinajstić information content (AvgIpc) is 3.19. The molecule has 0 bridgehead atoms. The van der Waals surface area contributed by atoms with Gasteiger partial charge in [0.2, 0.25) is 5.91 Å². The van der Waals surface area contributed by atoms with Gasteiger partial charge in [0.05, 0.1) is 18.8 Å². The van der Waals surface area contributed by atoms with Crippen molar-refractivity contribution in [2.75, 3.05) is 18.0 Å². The van der Waals surface area contributed by atoms with E-state index in [-0.39, 0.29) is 19.0 Å². The molecule has 2 aromatic carbocycles. The highest BCUT2D eigenvalue weighted by molar-refractivity contribution is 5.90. The summed E-state index contributed by atoms with van der Waals surface area (Å²) in [7, 11) is 0. The molecule has 2 heterocycles. The summed E-state index contributed by atoms with van der Waals surface area (Å²) in [6.07, 6.45) is 2.55. The van der Waals surface area contributed by atoms with Crippen molar-refractivity contribution < 1.29 is 18.7 Å². The Labute approximate surface area is 191 Å². The van der Waals surface area contributed by atoms with Crippen molar-refractivity contribution in [3.8, 4) is 11.1 Å². The summed E-state index contributed by atoms with van der Waals surface area (Å²) < 4.78 is 20.2. The predicted octanol–water partition coefficient (Wildman–Crippen LogP) is 3.64. The lowest BCUT2D eigenvalue weighted by Gasteiger charge is -2.15. The van der Waals surface area contributed by atoms with Crippen LogP contribution in [0.5, 0.6) is 0 Å². The summed E-state index contributed by atoms with van der Waals surface area (Å²) in [5.74, 6) is -0.622. The highest BCUT2D eigenvalue weighted by Crippen LogP contribution is 2.29. The maximum atomic E-state index is 14.9. The molecule has 3 aromatic rings. The van der Waals surface area contributed by atoms with Gasteiger partial charge in [-0.05, 0) is 41.0 Å². The van der Waals surface area contributed by atoms with Crippen LogP contribution in [-0.4, -0.2) is 36.2 Å². The maximum Gasteiger partial charge on any atom is 0.414 e. The lowest BCUT2D eigenvalue weighted by molar-refractivity contribution is -0.119. The van der Waals surface area contributed by atoms with Gasteiger partial charge in [-0.2, -0.15) is 0 Å². The zero-order valence-electron chi connectivity index (χ0n) is 18.3. The quantitative estimate of drug-likeness (QED) is 0.550. The van der Waals surface area contributed by atoms with Gasteiger partial charge in [0.15, 0.2) is 0 Å². The number of anilines is 1. The molecule has 1 fully saturated rings. The van der Waals surface area contributed by atoms with Crippen molar-refractivity contribution in [2.45, 2.75) is 26.1 Å². The molecule has 0 aliphatic carbocycles. The first kappa shape index (κ1) is 22.4. The van der Waals surface area contributed by atoms with Gasteiger partial charge in [0, 0.05) is 38.0 Å². The minimum Gasteiger partial charge on any atom is -0.442 e. The molecule has 1 aromatic heterocycles. The van der Waals surface area contributed by atoms with Crippen LogP contribution in [0.4, 0.5) is 14.9 Å². The zero-order chi connectivity index (χ0) is 23.2. The summed E-state index contributed by atoms with van der Waals surface area (Å²) in [6, 6.07) is 16.3. The number of aromatic nitrogens is 1. The zero-order valence-corrected chi connectivity index (χ0v) is 18.3. The second-order valence-electron chi connectivity index (χ2n) is 7.88. The first-order valence-corrected chi connectivity index (χ1v) is 10.7. The van der Waals surface area contributed by atoms with Crippen LogP contribution in [0.3, 0.4) is 0 Å². The number of ether oxygens (including phenoxy) is 1. The van der Waals surface area contributed by atoms with Gasteiger partial charge in [-0.3, -0.25) is 14.7 Å². The number of amides is 2. The molecule has 1 atom stereocenters. The number of benzene rings is 2. The highest BCUT2D eigenvalue weighted by atomic mass is 19.1. The Morgan fingerprint density at radius 2 is 1.94 bits per heavy atom. The molecular formula is C25H25FN4O3. The smallest absolute Gasteiger partial charge is 0.414 e. The predicted molar refractivity (Wildman–Crippen MR) is 123 cm³/mol. The van der Waals surface area contributed by atoms with Crippen LogP contribution in [-0.2, 0) is 22.6 Å². The summed E-state index contributed by atoms with van der Waals surface area (Å²) in [6.45, 7) is 3.28. The van der Waals surface area contributed by atoms with E-state index < -0.39 is 18.0 Å². The molecule has 0 radical (unpaired) electrons. The first-order chi connectivity index (χ1) is 16.0. The topological polar surface area (TPSA) is 83.6 Å². The Balaban J connectivity index is 1.37. The normalized spacial score (nSPS) is 15.4. The monoisotopic (exact) mass is 448 g/mol. The SMILES string of the molecule is CC(=O)NC[C@H]1CN(c2ccc(-c3ccc(CNCc4cccnc4)cc3)c(F)c2)C(=O)O1. The van der Waals surface area contributed by atoms with Crippen molar-refractivity contribution in [1.29, 1.82) is 0 Å². The van der Waals surface area contributed by atoms with E-state index in [9.17, 15) is 14.0 Å². The minimum atomic E-state index is -0.555. The molecule has 8 heteroatoms. The van der Waals surface area contributed by atoms with E-state index in [4.69, 9.17) is 4.74 Å². The van der Waals surface area contributed by atoms with Crippen LogP contribution >= 0.6 is 0 Å². The number of halogens is 1. The molecule has 1 aliphatic heterocycles. The molecule has 33 heavy (non-hydrogen) atoms. The largest absolute Gasteiger partial charge is 0.442 e. The van der Waals surface area contributed by atoms with Crippen LogP contribution in [0.15, 0.2) is 67.0 Å². The molecule has 2 N–H and O–H groups in total. The Bertz CT molecular complexity index is 1120. The molecule has 1 aliphatic rings. The maximum absolute atomic E-state index is 14.9. The third-order valence-corrected chi connectivity index (χ3v) is 5.36. The van der Waals surface area contributed by atoms with Crippen molar-refractivity contribution in [3.63, 3.8) is 0 Å². The van der Waals surface area contributed by atoms with E-state index in [1.807, 2.05) is 42.6 Å². The number of cyclic esters (lactones) is 1. The first-order valence-electron chi connectivity index (χ1n) is 10.7. The van der Waals surface area contributed by atoms with Crippen molar-refractivity contribution in [3.05, 3.63) is 83.9 Å². The number of carbonyl (C=O) groups excluding carboxylic acids is 2. The van der Waals surface area contributed by atoms with Crippen LogP contribution in [0, 0.1) is 5.82 Å². The van der Waals surface area contributed by atoms with Gasteiger partial charge in [0.25, 0.3) is 0 Å². The Kier molecular flexibility index (Phi) is 6.95. The molecule has 7 nitrogen and oxygen atoms in total. The molecule has 2 amide bonds. The molecule has 0 spiro atoms. The van der Waals surface area contributed by atoms with E-state index >= 15 is 0 Å². The average molecular weight is 448 g/mol. The third kappa shape index (κ3) is 5.72. The summed E-state index contributed by atoms with van der Waals surface area (Å²) in [4.78, 5) is 28.7. The van der Waals surface area contributed by atoms with Gasteiger partial charge in [-0.25, -0.2) is 9.18 Å². The van der Waals surface area contributed by atoms with E-state index in [1.165, 1.54) is 17.9 Å². The molecule has 4 rings (SSSR count). The Morgan fingerprint density at radius 1 is 1.15 bits per heavy atom. The minimum absolute atomic E-state index is 0.199. The number of pyridine rings is 1. The molecule has 0 unspecified atom stereocenters. The van der Waals surface area contributed by atoms with Crippen LogP contribution < -0.4 is 15.5 Å². The Hall–Kier alpha value is -3.78.